The van der Waals surface area contributed by atoms with E-state index < -0.39 is 29.3 Å². The molecule has 0 saturated carbocycles. The minimum atomic E-state index is -1.41. The molecule has 0 unspecified atom stereocenters. The maximum absolute atomic E-state index is 14.8. The van der Waals surface area contributed by atoms with Gasteiger partial charge in [-0.3, -0.25) is 14.3 Å². The quantitative estimate of drug-likeness (QED) is 0.857. The molecule has 26 heavy (non-hydrogen) atoms. The topological polar surface area (TPSA) is 76.1 Å². The van der Waals surface area contributed by atoms with Gasteiger partial charge in [-0.25, -0.2) is 13.6 Å². The molecule has 0 bridgehead atoms. The fraction of sp³-hybridized carbons (Fsp3) is 0.444. The van der Waals surface area contributed by atoms with E-state index in [1.54, 1.807) is 6.07 Å². The largest absolute Gasteiger partial charge is 0.381 e. The molecule has 0 spiro atoms. The van der Waals surface area contributed by atoms with Gasteiger partial charge in [-0.05, 0) is 30.5 Å². The van der Waals surface area contributed by atoms with Crippen molar-refractivity contribution in [3.63, 3.8) is 0 Å². The van der Waals surface area contributed by atoms with Crippen molar-refractivity contribution in [3.05, 3.63) is 62.0 Å². The predicted octanol–water partition coefficient (Wildman–Crippen LogP) is 2.07. The summed E-state index contributed by atoms with van der Waals surface area (Å²) in [7, 11) is 0. The first-order valence-corrected chi connectivity index (χ1v) is 8.66. The van der Waals surface area contributed by atoms with Gasteiger partial charge in [0.15, 0.2) is 0 Å². The Kier molecular flexibility index (Phi) is 4.36. The minimum absolute atomic E-state index is 0.137. The van der Waals surface area contributed by atoms with Crippen LogP contribution in [0.1, 0.15) is 36.1 Å². The highest BCUT2D eigenvalue weighted by Gasteiger charge is 2.33. The second-order valence-electron chi connectivity index (χ2n) is 6.70. The van der Waals surface area contributed by atoms with Gasteiger partial charge in [-0.1, -0.05) is 12.1 Å². The molecule has 6 nitrogen and oxygen atoms in total. The highest BCUT2D eigenvalue weighted by molar-refractivity contribution is 5.49. The number of nitrogens with one attached hydrogen (secondary N) is 2. The molecular weight excluding hydrogens is 344 g/mol. The molecule has 138 valence electrons. The van der Waals surface area contributed by atoms with Gasteiger partial charge in [0.05, 0.1) is 11.6 Å². The summed E-state index contributed by atoms with van der Waals surface area (Å²) in [5.41, 5.74) is -0.346. The molecule has 2 aliphatic rings. The summed E-state index contributed by atoms with van der Waals surface area (Å²) >= 11 is 0. The second kappa shape index (κ2) is 6.68. The van der Waals surface area contributed by atoms with Crippen molar-refractivity contribution in [2.24, 2.45) is 0 Å². The highest BCUT2D eigenvalue weighted by Crippen LogP contribution is 2.32. The van der Waals surface area contributed by atoms with Crippen LogP contribution in [0, 0.1) is 5.82 Å². The van der Waals surface area contributed by atoms with Crippen LogP contribution in [0.4, 0.5) is 14.6 Å². The molecular formula is C18H19F2N3O3. The number of benzene rings is 1. The van der Waals surface area contributed by atoms with Crippen LogP contribution in [-0.2, 0) is 11.2 Å². The standard InChI is InChI=1S/C18H19F2N3O3/c19-11-3-1-2-10(8-11)15-14(20)9-13-16(21-15)22-18(25)23(17(13)24)12-4-6-26-7-5-12/h1-3,8,12,14-15,21H,4-7,9H2,(H,22,25)/t14-,15+/m1/s1. The van der Waals surface area contributed by atoms with E-state index in [1.807, 2.05) is 0 Å². The van der Waals surface area contributed by atoms with Crippen molar-refractivity contribution in [1.29, 1.82) is 0 Å². The van der Waals surface area contributed by atoms with Crippen molar-refractivity contribution in [1.82, 2.24) is 9.55 Å². The first kappa shape index (κ1) is 17.0. The normalized spacial score (nSPS) is 23.3. The number of halogens is 2. The number of rotatable bonds is 2. The molecule has 8 heteroatoms. The van der Waals surface area contributed by atoms with E-state index in [-0.39, 0.29) is 23.8 Å². The van der Waals surface area contributed by atoms with Crippen molar-refractivity contribution in [3.8, 4) is 0 Å². The smallest absolute Gasteiger partial charge is 0.330 e. The molecule has 2 atom stereocenters. The second-order valence-corrected chi connectivity index (χ2v) is 6.70. The molecule has 1 fully saturated rings. The monoisotopic (exact) mass is 363 g/mol. The fourth-order valence-electron chi connectivity index (χ4n) is 3.73. The predicted molar refractivity (Wildman–Crippen MR) is 91.8 cm³/mol. The molecule has 1 aromatic carbocycles. The number of hydrogen-bond acceptors (Lipinski definition) is 4. The van der Waals surface area contributed by atoms with Crippen molar-refractivity contribution in [2.45, 2.75) is 37.5 Å². The number of alkyl halides is 1. The van der Waals surface area contributed by atoms with Crippen LogP contribution in [-0.4, -0.2) is 28.9 Å². The van der Waals surface area contributed by atoms with Gasteiger partial charge in [-0.15, -0.1) is 0 Å². The van der Waals surface area contributed by atoms with E-state index in [1.165, 1.54) is 22.8 Å². The maximum Gasteiger partial charge on any atom is 0.330 e. The fourth-order valence-corrected chi connectivity index (χ4v) is 3.73. The average Bonchev–Trinajstić information content (AvgIpc) is 2.63. The maximum atomic E-state index is 14.8. The molecule has 3 heterocycles. The number of anilines is 1. The van der Waals surface area contributed by atoms with Gasteiger partial charge in [0.25, 0.3) is 5.56 Å². The van der Waals surface area contributed by atoms with E-state index in [4.69, 9.17) is 4.74 Å². The van der Waals surface area contributed by atoms with Crippen LogP contribution in [0.15, 0.2) is 33.9 Å². The van der Waals surface area contributed by atoms with Gasteiger partial charge in [0.2, 0.25) is 0 Å². The Morgan fingerprint density at radius 2 is 1.96 bits per heavy atom. The Balaban J connectivity index is 1.72. The molecule has 1 aromatic heterocycles. The lowest BCUT2D eigenvalue weighted by atomic mass is 9.94. The molecule has 0 amide bonds. The Bertz CT molecular complexity index is 934. The van der Waals surface area contributed by atoms with Crippen LogP contribution in [0.25, 0.3) is 0 Å². The van der Waals surface area contributed by atoms with E-state index in [0.717, 1.165) is 0 Å². The summed E-state index contributed by atoms with van der Waals surface area (Å²) in [5.74, 6) is -0.253. The number of H-pyrrole nitrogens is 1. The molecule has 2 aromatic rings. The lowest BCUT2D eigenvalue weighted by Gasteiger charge is -2.31. The van der Waals surface area contributed by atoms with Crippen LogP contribution in [0.3, 0.4) is 0 Å². The lowest BCUT2D eigenvalue weighted by molar-refractivity contribution is 0.0673. The summed E-state index contributed by atoms with van der Waals surface area (Å²) in [4.78, 5) is 27.9. The van der Waals surface area contributed by atoms with Gasteiger partial charge in [-0.2, -0.15) is 0 Å². The number of aromatic nitrogens is 2. The Morgan fingerprint density at radius 3 is 2.69 bits per heavy atom. The van der Waals surface area contributed by atoms with Crippen molar-refractivity contribution >= 4 is 5.82 Å². The summed E-state index contributed by atoms with van der Waals surface area (Å²) in [6.45, 7) is 0.971. The molecule has 2 aliphatic heterocycles. The van der Waals surface area contributed by atoms with E-state index in [0.29, 0.717) is 31.6 Å². The van der Waals surface area contributed by atoms with E-state index >= 15 is 0 Å². The SMILES string of the molecule is O=c1[nH]c2c(c(=O)n1C1CCOCC1)C[C@@H](F)[C@H](c1cccc(F)c1)N2. The third-order valence-electron chi connectivity index (χ3n) is 5.05. The number of fused-ring (bicyclic) bond motifs is 1. The summed E-state index contributed by atoms with van der Waals surface area (Å²) in [5, 5.41) is 2.87. The van der Waals surface area contributed by atoms with E-state index in [9.17, 15) is 18.4 Å². The number of ether oxygens (including phenoxy) is 1. The van der Waals surface area contributed by atoms with Gasteiger partial charge in [0.1, 0.15) is 17.8 Å². The van der Waals surface area contributed by atoms with Gasteiger partial charge in [0, 0.05) is 25.7 Å². The lowest BCUT2D eigenvalue weighted by Crippen LogP contribution is -2.45. The Morgan fingerprint density at radius 1 is 1.19 bits per heavy atom. The average molecular weight is 363 g/mol. The zero-order chi connectivity index (χ0) is 18.3. The van der Waals surface area contributed by atoms with Crippen LogP contribution in [0.2, 0.25) is 0 Å². The Hall–Kier alpha value is -2.48. The highest BCUT2D eigenvalue weighted by atomic mass is 19.1. The summed E-state index contributed by atoms with van der Waals surface area (Å²) < 4.78 is 34.7. The van der Waals surface area contributed by atoms with E-state index in [2.05, 4.69) is 10.3 Å². The van der Waals surface area contributed by atoms with Gasteiger partial charge >= 0.3 is 5.69 Å². The molecule has 4 rings (SSSR count). The number of hydrogen-bond donors (Lipinski definition) is 2. The number of aromatic amines is 1. The van der Waals surface area contributed by atoms with Crippen LogP contribution in [0.5, 0.6) is 0 Å². The van der Waals surface area contributed by atoms with Crippen LogP contribution >= 0.6 is 0 Å². The summed E-state index contributed by atoms with van der Waals surface area (Å²) in [6, 6.07) is 4.56. The zero-order valence-corrected chi connectivity index (χ0v) is 14.0. The van der Waals surface area contributed by atoms with Crippen LogP contribution < -0.4 is 16.6 Å². The molecule has 1 saturated heterocycles. The third kappa shape index (κ3) is 2.94. The van der Waals surface area contributed by atoms with Crippen molar-refractivity contribution in [2.75, 3.05) is 18.5 Å². The molecule has 2 N–H and O–H groups in total. The molecule has 0 radical (unpaired) electrons. The number of nitrogens with zero attached hydrogens (tertiary/aromatic N) is 1. The minimum Gasteiger partial charge on any atom is -0.381 e. The molecule has 0 aliphatic carbocycles. The third-order valence-corrected chi connectivity index (χ3v) is 5.05. The van der Waals surface area contributed by atoms with Crippen molar-refractivity contribution < 1.29 is 13.5 Å². The summed E-state index contributed by atoms with van der Waals surface area (Å²) in [6.07, 6.45) is -0.408. The van der Waals surface area contributed by atoms with Gasteiger partial charge < -0.3 is 10.1 Å². The first-order valence-electron chi connectivity index (χ1n) is 8.66. The first-order chi connectivity index (χ1) is 12.5. The Labute approximate surface area is 147 Å². The zero-order valence-electron chi connectivity index (χ0n) is 14.0.